The topological polar surface area (TPSA) is 38.5 Å². The molecule has 0 spiro atoms. The molecule has 19 heavy (non-hydrogen) atoms. The van der Waals surface area contributed by atoms with Gasteiger partial charge in [0.25, 0.3) is 0 Å². The highest BCUT2D eigenvalue weighted by Gasteiger charge is 2.21. The SMILES string of the molecule is CC1CCN(CCCOc2cccc(N)c2)C(C)C1. The van der Waals surface area contributed by atoms with Gasteiger partial charge in [-0.15, -0.1) is 0 Å². The lowest BCUT2D eigenvalue weighted by molar-refractivity contribution is 0.121. The summed E-state index contributed by atoms with van der Waals surface area (Å²) in [6, 6.07) is 8.37. The molecule has 0 bridgehead atoms. The average molecular weight is 262 g/mol. The van der Waals surface area contributed by atoms with Crippen LogP contribution in [0.15, 0.2) is 24.3 Å². The zero-order valence-corrected chi connectivity index (χ0v) is 12.1. The predicted octanol–water partition coefficient (Wildman–Crippen LogP) is 3.16. The van der Waals surface area contributed by atoms with Crippen LogP contribution >= 0.6 is 0 Å². The van der Waals surface area contributed by atoms with Crippen LogP contribution in [0.3, 0.4) is 0 Å². The van der Waals surface area contributed by atoms with Gasteiger partial charge >= 0.3 is 0 Å². The Morgan fingerprint density at radius 3 is 2.95 bits per heavy atom. The maximum absolute atomic E-state index is 5.73. The highest BCUT2D eigenvalue weighted by Crippen LogP contribution is 2.22. The molecule has 1 saturated heterocycles. The van der Waals surface area contributed by atoms with Crippen LogP contribution < -0.4 is 10.5 Å². The third-order valence-corrected chi connectivity index (χ3v) is 3.99. The quantitative estimate of drug-likeness (QED) is 0.654. The fraction of sp³-hybridized carbons (Fsp3) is 0.625. The van der Waals surface area contributed by atoms with Gasteiger partial charge in [-0.3, -0.25) is 0 Å². The Balaban J connectivity index is 1.67. The first-order valence-electron chi connectivity index (χ1n) is 7.37. The minimum absolute atomic E-state index is 0.719. The van der Waals surface area contributed by atoms with Gasteiger partial charge in [0.05, 0.1) is 6.61 Å². The Labute approximate surface area is 116 Å². The molecule has 1 aromatic rings. The van der Waals surface area contributed by atoms with E-state index >= 15 is 0 Å². The molecule has 106 valence electrons. The Bertz CT molecular complexity index is 394. The number of benzene rings is 1. The van der Waals surface area contributed by atoms with Gasteiger partial charge in [0.2, 0.25) is 0 Å². The average Bonchev–Trinajstić information content (AvgIpc) is 2.37. The first-order valence-corrected chi connectivity index (χ1v) is 7.37. The number of nitrogens with zero attached hydrogens (tertiary/aromatic N) is 1. The number of nitrogen functional groups attached to an aromatic ring is 1. The molecule has 0 aromatic heterocycles. The molecule has 0 radical (unpaired) electrons. The van der Waals surface area contributed by atoms with Crippen molar-refractivity contribution in [1.29, 1.82) is 0 Å². The number of ether oxygens (including phenoxy) is 1. The lowest BCUT2D eigenvalue weighted by atomic mass is 9.93. The van der Waals surface area contributed by atoms with Crippen molar-refractivity contribution in [3.63, 3.8) is 0 Å². The highest BCUT2D eigenvalue weighted by molar-refractivity contribution is 5.43. The molecule has 1 aliphatic rings. The molecular weight excluding hydrogens is 236 g/mol. The van der Waals surface area contributed by atoms with E-state index in [4.69, 9.17) is 10.5 Å². The minimum Gasteiger partial charge on any atom is -0.493 e. The third-order valence-electron chi connectivity index (χ3n) is 3.99. The fourth-order valence-electron chi connectivity index (χ4n) is 2.85. The van der Waals surface area contributed by atoms with Crippen molar-refractivity contribution in [1.82, 2.24) is 4.90 Å². The zero-order chi connectivity index (χ0) is 13.7. The minimum atomic E-state index is 0.719. The van der Waals surface area contributed by atoms with E-state index in [2.05, 4.69) is 18.7 Å². The van der Waals surface area contributed by atoms with Crippen LogP contribution in [0.5, 0.6) is 5.75 Å². The van der Waals surface area contributed by atoms with Crippen LogP contribution in [0, 0.1) is 5.92 Å². The molecule has 1 aliphatic heterocycles. The molecular formula is C16H26N2O. The Morgan fingerprint density at radius 1 is 1.37 bits per heavy atom. The van der Waals surface area contributed by atoms with Crippen LogP contribution in [0.25, 0.3) is 0 Å². The fourth-order valence-corrected chi connectivity index (χ4v) is 2.85. The van der Waals surface area contributed by atoms with Crippen LogP contribution in [0.2, 0.25) is 0 Å². The van der Waals surface area contributed by atoms with E-state index in [1.165, 1.54) is 19.4 Å². The van der Waals surface area contributed by atoms with E-state index in [-0.39, 0.29) is 0 Å². The van der Waals surface area contributed by atoms with Gasteiger partial charge in [0.15, 0.2) is 0 Å². The first-order chi connectivity index (χ1) is 9.15. The summed E-state index contributed by atoms with van der Waals surface area (Å²) in [7, 11) is 0. The van der Waals surface area contributed by atoms with E-state index in [1.54, 1.807) is 0 Å². The predicted molar refractivity (Wildman–Crippen MR) is 80.4 cm³/mol. The molecule has 0 aliphatic carbocycles. The van der Waals surface area contributed by atoms with Gasteiger partial charge in [0.1, 0.15) is 5.75 Å². The summed E-state index contributed by atoms with van der Waals surface area (Å²) < 4.78 is 5.73. The Hall–Kier alpha value is -1.22. The molecule has 1 heterocycles. The number of hydrogen-bond acceptors (Lipinski definition) is 3. The molecule has 1 fully saturated rings. The monoisotopic (exact) mass is 262 g/mol. The molecule has 3 heteroatoms. The van der Waals surface area contributed by atoms with Gasteiger partial charge in [-0.25, -0.2) is 0 Å². The number of nitrogens with two attached hydrogens (primary N) is 1. The van der Waals surface area contributed by atoms with Gasteiger partial charge < -0.3 is 15.4 Å². The second-order valence-electron chi connectivity index (χ2n) is 5.79. The molecule has 2 atom stereocenters. The molecule has 0 amide bonds. The van der Waals surface area contributed by atoms with Gasteiger partial charge in [-0.05, 0) is 50.8 Å². The van der Waals surface area contributed by atoms with E-state index < -0.39 is 0 Å². The molecule has 2 unspecified atom stereocenters. The maximum atomic E-state index is 5.73. The van der Waals surface area contributed by atoms with Crippen LogP contribution in [-0.2, 0) is 0 Å². The van der Waals surface area contributed by atoms with Crippen molar-refractivity contribution in [2.75, 3.05) is 25.4 Å². The van der Waals surface area contributed by atoms with Crippen molar-refractivity contribution in [3.05, 3.63) is 24.3 Å². The molecule has 1 aromatic carbocycles. The largest absolute Gasteiger partial charge is 0.493 e. The van der Waals surface area contributed by atoms with Crippen LogP contribution in [0.1, 0.15) is 33.1 Å². The summed E-state index contributed by atoms with van der Waals surface area (Å²) in [6.07, 6.45) is 3.74. The smallest absolute Gasteiger partial charge is 0.121 e. The molecule has 0 saturated carbocycles. The summed E-state index contributed by atoms with van der Waals surface area (Å²) >= 11 is 0. The highest BCUT2D eigenvalue weighted by atomic mass is 16.5. The summed E-state index contributed by atoms with van der Waals surface area (Å²) in [4.78, 5) is 2.59. The van der Waals surface area contributed by atoms with E-state index in [0.717, 1.165) is 43.0 Å². The molecule has 2 N–H and O–H groups in total. The van der Waals surface area contributed by atoms with Crippen LogP contribution in [-0.4, -0.2) is 30.6 Å². The third kappa shape index (κ3) is 4.43. The second-order valence-corrected chi connectivity index (χ2v) is 5.79. The number of hydrogen-bond donors (Lipinski definition) is 1. The van der Waals surface area contributed by atoms with Crippen molar-refractivity contribution in [2.24, 2.45) is 5.92 Å². The summed E-state index contributed by atoms with van der Waals surface area (Å²) in [5.74, 6) is 1.76. The summed E-state index contributed by atoms with van der Waals surface area (Å²) in [5, 5.41) is 0. The van der Waals surface area contributed by atoms with Crippen molar-refractivity contribution in [3.8, 4) is 5.75 Å². The van der Waals surface area contributed by atoms with Crippen molar-refractivity contribution in [2.45, 2.75) is 39.2 Å². The lowest BCUT2D eigenvalue weighted by Gasteiger charge is -2.36. The van der Waals surface area contributed by atoms with Gasteiger partial charge in [-0.2, -0.15) is 0 Å². The van der Waals surface area contributed by atoms with Gasteiger partial charge in [-0.1, -0.05) is 13.0 Å². The van der Waals surface area contributed by atoms with Crippen LogP contribution in [0.4, 0.5) is 5.69 Å². The number of rotatable bonds is 5. The standard InChI is InChI=1S/C16H26N2O/c1-13-7-9-18(14(2)11-13)8-4-10-19-16-6-3-5-15(17)12-16/h3,5-6,12-14H,4,7-11,17H2,1-2H3. The number of likely N-dealkylation sites (tertiary alicyclic amines) is 1. The maximum Gasteiger partial charge on any atom is 0.121 e. The summed E-state index contributed by atoms with van der Waals surface area (Å²) in [5.41, 5.74) is 6.48. The molecule has 2 rings (SSSR count). The second kappa shape index (κ2) is 6.80. The summed E-state index contributed by atoms with van der Waals surface area (Å²) in [6.45, 7) is 7.84. The zero-order valence-electron chi connectivity index (χ0n) is 12.1. The Morgan fingerprint density at radius 2 is 2.21 bits per heavy atom. The Kier molecular flexibility index (Phi) is 5.08. The number of piperidine rings is 1. The normalized spacial score (nSPS) is 24.3. The van der Waals surface area contributed by atoms with Gasteiger partial charge in [0, 0.05) is 24.3 Å². The first kappa shape index (κ1) is 14.2. The van der Waals surface area contributed by atoms with E-state index in [0.29, 0.717) is 0 Å². The van der Waals surface area contributed by atoms with Crippen molar-refractivity contribution >= 4 is 5.69 Å². The van der Waals surface area contributed by atoms with Crippen molar-refractivity contribution < 1.29 is 4.74 Å². The number of anilines is 1. The van der Waals surface area contributed by atoms with E-state index in [9.17, 15) is 0 Å². The molecule has 3 nitrogen and oxygen atoms in total. The van der Waals surface area contributed by atoms with E-state index in [1.807, 2.05) is 24.3 Å². The lowest BCUT2D eigenvalue weighted by Crippen LogP contribution is -2.41.